The van der Waals surface area contributed by atoms with Gasteiger partial charge in [0.2, 0.25) is 0 Å². The van der Waals surface area contributed by atoms with Crippen LogP contribution in [-0.2, 0) is 11.3 Å². The van der Waals surface area contributed by atoms with Crippen LogP contribution < -0.4 is 0 Å². The van der Waals surface area contributed by atoms with E-state index in [1.54, 1.807) is 11.3 Å². The predicted octanol–water partition coefficient (Wildman–Crippen LogP) is 3.26. The molecule has 0 bridgehead atoms. The summed E-state index contributed by atoms with van der Waals surface area (Å²) in [5.41, 5.74) is 2.36. The summed E-state index contributed by atoms with van der Waals surface area (Å²) in [6, 6.07) is 8.10. The highest BCUT2D eigenvalue weighted by molar-refractivity contribution is 7.14. The molecule has 0 aromatic carbocycles. The first-order valence-corrected chi connectivity index (χ1v) is 10.2. The van der Waals surface area contributed by atoms with E-state index in [9.17, 15) is 4.79 Å². The van der Waals surface area contributed by atoms with Gasteiger partial charge in [0.15, 0.2) is 0 Å². The predicted molar refractivity (Wildman–Crippen MR) is 102 cm³/mol. The SMILES string of the molecule is Cc1cccnc1CN1CCN(C(=O)c2ccc(C3CCCO3)s2)CC1. The van der Waals surface area contributed by atoms with Gasteiger partial charge in [-0.25, -0.2) is 0 Å². The number of piperazine rings is 1. The zero-order valence-electron chi connectivity index (χ0n) is 15.2. The molecule has 1 amide bonds. The van der Waals surface area contributed by atoms with Gasteiger partial charge in [-0.15, -0.1) is 11.3 Å². The fraction of sp³-hybridized carbons (Fsp3) is 0.500. The third-order valence-electron chi connectivity index (χ3n) is 5.24. The van der Waals surface area contributed by atoms with Gasteiger partial charge in [0.1, 0.15) is 0 Å². The Morgan fingerprint density at radius 1 is 1.27 bits per heavy atom. The summed E-state index contributed by atoms with van der Waals surface area (Å²) in [5, 5.41) is 0. The van der Waals surface area contributed by atoms with Crippen molar-refractivity contribution in [2.75, 3.05) is 32.8 Å². The molecule has 2 aliphatic rings. The lowest BCUT2D eigenvalue weighted by atomic mass is 10.2. The number of hydrogen-bond donors (Lipinski definition) is 0. The van der Waals surface area contributed by atoms with E-state index in [4.69, 9.17) is 4.74 Å². The molecule has 4 heterocycles. The molecule has 138 valence electrons. The molecule has 0 N–H and O–H groups in total. The van der Waals surface area contributed by atoms with Crippen molar-refractivity contribution in [1.82, 2.24) is 14.8 Å². The standard InChI is InChI=1S/C20H25N3O2S/c1-15-4-2-8-21-16(15)14-22-9-11-23(12-10-22)20(24)19-7-6-18(26-19)17-5-3-13-25-17/h2,4,6-8,17H,3,5,9-14H2,1H3. The van der Waals surface area contributed by atoms with Crippen molar-refractivity contribution in [3.8, 4) is 0 Å². The third-order valence-corrected chi connectivity index (χ3v) is 6.40. The van der Waals surface area contributed by atoms with Crippen molar-refractivity contribution < 1.29 is 9.53 Å². The summed E-state index contributed by atoms with van der Waals surface area (Å²) in [6.45, 7) is 7.14. The Balaban J connectivity index is 1.33. The molecule has 2 fully saturated rings. The van der Waals surface area contributed by atoms with Crippen LogP contribution in [0.4, 0.5) is 0 Å². The minimum atomic E-state index is 0.160. The van der Waals surface area contributed by atoms with Gasteiger partial charge in [-0.05, 0) is 43.5 Å². The van der Waals surface area contributed by atoms with Gasteiger partial charge in [0, 0.05) is 50.4 Å². The van der Waals surface area contributed by atoms with Crippen molar-refractivity contribution in [2.45, 2.75) is 32.4 Å². The first-order valence-electron chi connectivity index (χ1n) is 9.34. The molecule has 5 nitrogen and oxygen atoms in total. The van der Waals surface area contributed by atoms with E-state index in [1.807, 2.05) is 23.2 Å². The van der Waals surface area contributed by atoms with Gasteiger partial charge in [-0.1, -0.05) is 6.07 Å². The van der Waals surface area contributed by atoms with Crippen molar-refractivity contribution in [2.24, 2.45) is 0 Å². The van der Waals surface area contributed by atoms with Gasteiger partial charge in [0.05, 0.1) is 16.7 Å². The van der Waals surface area contributed by atoms with E-state index in [-0.39, 0.29) is 12.0 Å². The van der Waals surface area contributed by atoms with E-state index in [0.717, 1.165) is 62.7 Å². The number of nitrogens with zero attached hydrogens (tertiary/aromatic N) is 3. The lowest BCUT2D eigenvalue weighted by molar-refractivity contribution is 0.0631. The zero-order chi connectivity index (χ0) is 17.9. The van der Waals surface area contributed by atoms with Crippen molar-refractivity contribution in [3.63, 3.8) is 0 Å². The average molecular weight is 372 g/mol. The largest absolute Gasteiger partial charge is 0.373 e. The average Bonchev–Trinajstić information content (AvgIpc) is 3.35. The van der Waals surface area contributed by atoms with Crippen LogP contribution in [0.2, 0.25) is 0 Å². The van der Waals surface area contributed by atoms with Crippen LogP contribution in [0.1, 0.15) is 44.8 Å². The second kappa shape index (κ2) is 7.86. The van der Waals surface area contributed by atoms with E-state index in [0.29, 0.717) is 0 Å². The molecular formula is C20H25N3O2S. The molecular weight excluding hydrogens is 346 g/mol. The Bertz CT molecular complexity index is 762. The molecule has 4 rings (SSSR count). The van der Waals surface area contributed by atoms with Crippen molar-refractivity contribution >= 4 is 17.2 Å². The molecule has 26 heavy (non-hydrogen) atoms. The Morgan fingerprint density at radius 3 is 2.85 bits per heavy atom. The minimum Gasteiger partial charge on any atom is -0.373 e. The molecule has 2 aromatic rings. The second-order valence-corrected chi connectivity index (χ2v) is 8.15. The normalized spacial score (nSPS) is 21.3. The maximum absolute atomic E-state index is 12.8. The highest BCUT2D eigenvalue weighted by Gasteiger charge is 2.25. The Hall–Kier alpha value is -1.76. The molecule has 2 saturated heterocycles. The van der Waals surface area contributed by atoms with Crippen LogP contribution in [0.5, 0.6) is 0 Å². The number of aromatic nitrogens is 1. The van der Waals surface area contributed by atoms with Crippen LogP contribution in [0.15, 0.2) is 30.5 Å². The van der Waals surface area contributed by atoms with E-state index in [2.05, 4.69) is 28.9 Å². The summed E-state index contributed by atoms with van der Waals surface area (Å²) in [4.78, 5) is 23.7. The van der Waals surface area contributed by atoms with E-state index >= 15 is 0 Å². The van der Waals surface area contributed by atoms with E-state index < -0.39 is 0 Å². The fourth-order valence-corrected chi connectivity index (χ4v) is 4.66. The second-order valence-electron chi connectivity index (χ2n) is 7.04. The minimum absolute atomic E-state index is 0.160. The molecule has 1 unspecified atom stereocenters. The summed E-state index contributed by atoms with van der Waals surface area (Å²) < 4.78 is 5.73. The van der Waals surface area contributed by atoms with Gasteiger partial charge < -0.3 is 9.64 Å². The molecule has 2 aliphatic heterocycles. The number of rotatable bonds is 4. The van der Waals surface area contributed by atoms with Crippen LogP contribution in [0, 0.1) is 6.92 Å². The molecule has 0 radical (unpaired) electrons. The van der Waals surface area contributed by atoms with E-state index in [1.165, 1.54) is 10.4 Å². The number of carbonyl (C=O) groups excluding carboxylic acids is 1. The number of amides is 1. The number of aryl methyl sites for hydroxylation is 1. The highest BCUT2D eigenvalue weighted by atomic mass is 32.1. The van der Waals surface area contributed by atoms with Gasteiger partial charge in [-0.3, -0.25) is 14.7 Å². The number of ether oxygens (including phenoxy) is 1. The number of hydrogen-bond acceptors (Lipinski definition) is 5. The third kappa shape index (κ3) is 3.82. The molecule has 0 aliphatic carbocycles. The lowest BCUT2D eigenvalue weighted by Gasteiger charge is -2.34. The zero-order valence-corrected chi connectivity index (χ0v) is 16.0. The summed E-state index contributed by atoms with van der Waals surface area (Å²) >= 11 is 1.60. The Labute approximate surface area is 158 Å². The quantitative estimate of drug-likeness (QED) is 0.828. The van der Waals surface area contributed by atoms with Crippen LogP contribution in [-0.4, -0.2) is 53.5 Å². The lowest BCUT2D eigenvalue weighted by Crippen LogP contribution is -2.48. The topological polar surface area (TPSA) is 45.7 Å². The first-order chi connectivity index (χ1) is 12.7. The number of pyridine rings is 1. The number of carbonyl (C=O) groups is 1. The van der Waals surface area contributed by atoms with Gasteiger partial charge in [0.25, 0.3) is 5.91 Å². The first kappa shape index (κ1) is 17.6. The molecule has 2 aromatic heterocycles. The summed E-state index contributed by atoms with van der Waals surface area (Å²) in [7, 11) is 0. The molecule has 6 heteroatoms. The Kier molecular flexibility index (Phi) is 5.33. The molecule has 1 atom stereocenters. The fourth-order valence-electron chi connectivity index (χ4n) is 3.60. The number of thiophene rings is 1. The van der Waals surface area contributed by atoms with Gasteiger partial charge >= 0.3 is 0 Å². The van der Waals surface area contributed by atoms with Crippen LogP contribution in [0.25, 0.3) is 0 Å². The highest BCUT2D eigenvalue weighted by Crippen LogP contribution is 2.33. The Morgan fingerprint density at radius 2 is 2.12 bits per heavy atom. The maximum atomic E-state index is 12.8. The van der Waals surface area contributed by atoms with Crippen LogP contribution in [0.3, 0.4) is 0 Å². The molecule has 0 saturated carbocycles. The summed E-state index contributed by atoms with van der Waals surface area (Å²) in [5.74, 6) is 0.160. The van der Waals surface area contributed by atoms with Gasteiger partial charge in [-0.2, -0.15) is 0 Å². The van der Waals surface area contributed by atoms with Crippen molar-refractivity contribution in [3.05, 3.63) is 51.5 Å². The summed E-state index contributed by atoms with van der Waals surface area (Å²) in [6.07, 6.45) is 4.23. The van der Waals surface area contributed by atoms with Crippen LogP contribution >= 0.6 is 11.3 Å². The smallest absolute Gasteiger partial charge is 0.264 e. The molecule has 0 spiro atoms. The maximum Gasteiger partial charge on any atom is 0.264 e. The monoisotopic (exact) mass is 371 g/mol. The van der Waals surface area contributed by atoms with Crippen molar-refractivity contribution in [1.29, 1.82) is 0 Å².